The first-order valence-corrected chi connectivity index (χ1v) is 11.3. The Balaban J connectivity index is 1.25. The number of piperidine rings is 1. The van der Waals surface area contributed by atoms with Gasteiger partial charge in [-0.3, -0.25) is 19.5 Å². The Labute approximate surface area is 183 Å². The molecule has 6 heteroatoms. The van der Waals surface area contributed by atoms with Gasteiger partial charge in [0.05, 0.1) is 17.9 Å². The Morgan fingerprint density at radius 1 is 1.06 bits per heavy atom. The van der Waals surface area contributed by atoms with E-state index in [0.29, 0.717) is 12.3 Å². The molecule has 3 saturated heterocycles. The highest BCUT2D eigenvalue weighted by Crippen LogP contribution is 2.49. The van der Waals surface area contributed by atoms with Gasteiger partial charge in [0.2, 0.25) is 11.8 Å². The maximum Gasteiger partial charge on any atom is 0.227 e. The fourth-order valence-electron chi connectivity index (χ4n) is 6.01. The number of aromatic nitrogens is 1. The van der Waals surface area contributed by atoms with E-state index in [9.17, 15) is 9.59 Å². The van der Waals surface area contributed by atoms with Crippen LogP contribution in [-0.4, -0.2) is 70.3 Å². The fraction of sp³-hybridized carbons (Fsp3) is 0.480. The zero-order chi connectivity index (χ0) is 21.4. The minimum atomic E-state index is -0.116. The molecule has 0 bridgehead atoms. The molecule has 0 saturated carbocycles. The van der Waals surface area contributed by atoms with Gasteiger partial charge in [0.25, 0.3) is 0 Å². The van der Waals surface area contributed by atoms with Gasteiger partial charge in [-0.15, -0.1) is 0 Å². The predicted octanol–water partition coefficient (Wildman–Crippen LogP) is 2.21. The van der Waals surface area contributed by atoms with Crippen LogP contribution < -0.4 is 0 Å². The summed E-state index contributed by atoms with van der Waals surface area (Å²) in [4.78, 5) is 36.6. The Bertz CT molecular complexity index is 941. The van der Waals surface area contributed by atoms with Crippen LogP contribution in [0.15, 0.2) is 54.9 Å². The van der Waals surface area contributed by atoms with Crippen LogP contribution >= 0.6 is 0 Å². The summed E-state index contributed by atoms with van der Waals surface area (Å²) in [5, 5.41) is 0. The molecule has 1 spiro atoms. The Morgan fingerprint density at radius 2 is 1.81 bits per heavy atom. The molecule has 3 aliphatic heterocycles. The molecule has 5 rings (SSSR count). The van der Waals surface area contributed by atoms with E-state index in [-0.39, 0.29) is 23.3 Å². The lowest BCUT2D eigenvalue weighted by molar-refractivity contribution is -0.136. The lowest BCUT2D eigenvalue weighted by Gasteiger charge is -2.46. The second kappa shape index (κ2) is 8.08. The van der Waals surface area contributed by atoms with Crippen LogP contribution in [0.25, 0.3) is 0 Å². The molecule has 0 aliphatic carbocycles. The van der Waals surface area contributed by atoms with Crippen molar-refractivity contribution in [2.45, 2.75) is 31.3 Å². The Hall–Kier alpha value is -2.73. The molecule has 162 valence electrons. The first kappa shape index (κ1) is 20.2. The normalized spacial score (nSPS) is 25.3. The minimum Gasteiger partial charge on any atom is -0.342 e. The van der Waals surface area contributed by atoms with Gasteiger partial charge in [0.15, 0.2) is 0 Å². The zero-order valence-electron chi connectivity index (χ0n) is 18.1. The van der Waals surface area contributed by atoms with Crippen molar-refractivity contribution < 1.29 is 9.59 Å². The van der Waals surface area contributed by atoms with Crippen molar-refractivity contribution >= 4 is 11.8 Å². The van der Waals surface area contributed by atoms with Gasteiger partial charge in [-0.25, -0.2) is 0 Å². The van der Waals surface area contributed by atoms with Crippen molar-refractivity contribution in [3.05, 3.63) is 66.0 Å². The summed E-state index contributed by atoms with van der Waals surface area (Å²) in [6, 6.07) is 14.0. The Morgan fingerprint density at radius 3 is 2.52 bits per heavy atom. The van der Waals surface area contributed by atoms with Gasteiger partial charge < -0.3 is 9.80 Å². The van der Waals surface area contributed by atoms with E-state index in [1.807, 2.05) is 59.4 Å². The van der Waals surface area contributed by atoms with E-state index in [4.69, 9.17) is 0 Å². The maximum absolute atomic E-state index is 13.1. The van der Waals surface area contributed by atoms with Gasteiger partial charge in [-0.05, 0) is 30.0 Å². The summed E-state index contributed by atoms with van der Waals surface area (Å²) < 4.78 is 0. The highest BCUT2D eigenvalue weighted by atomic mass is 16.2. The average molecular weight is 419 g/mol. The van der Waals surface area contributed by atoms with Gasteiger partial charge in [0.1, 0.15) is 0 Å². The van der Waals surface area contributed by atoms with Gasteiger partial charge in [-0.2, -0.15) is 0 Å². The van der Waals surface area contributed by atoms with E-state index < -0.39 is 0 Å². The Kier molecular flexibility index (Phi) is 5.26. The number of carbonyl (C=O) groups excluding carboxylic acids is 2. The fourth-order valence-corrected chi connectivity index (χ4v) is 6.01. The van der Waals surface area contributed by atoms with Crippen LogP contribution in [0.3, 0.4) is 0 Å². The van der Waals surface area contributed by atoms with Gasteiger partial charge in [-0.1, -0.05) is 36.4 Å². The zero-order valence-corrected chi connectivity index (χ0v) is 18.1. The van der Waals surface area contributed by atoms with Crippen molar-refractivity contribution in [3.8, 4) is 0 Å². The van der Waals surface area contributed by atoms with Crippen LogP contribution in [-0.2, 0) is 22.6 Å². The van der Waals surface area contributed by atoms with E-state index in [2.05, 4.69) is 16.0 Å². The lowest BCUT2D eigenvalue weighted by Crippen LogP contribution is -2.56. The summed E-state index contributed by atoms with van der Waals surface area (Å²) >= 11 is 0. The van der Waals surface area contributed by atoms with Crippen molar-refractivity contribution in [1.29, 1.82) is 0 Å². The molecule has 0 unspecified atom stereocenters. The molecule has 2 aromatic rings. The number of hydrogen-bond acceptors (Lipinski definition) is 4. The molecule has 2 amide bonds. The summed E-state index contributed by atoms with van der Waals surface area (Å²) in [6.45, 7) is 4.06. The third-order valence-corrected chi connectivity index (χ3v) is 7.71. The molecule has 3 aliphatic rings. The topological polar surface area (TPSA) is 56.8 Å². The van der Waals surface area contributed by atoms with Crippen LogP contribution in [0.1, 0.15) is 24.0 Å². The van der Waals surface area contributed by atoms with Crippen molar-refractivity contribution in [2.75, 3.05) is 33.2 Å². The first-order chi connectivity index (χ1) is 15.1. The summed E-state index contributed by atoms with van der Waals surface area (Å²) in [7, 11) is 1.98. The van der Waals surface area contributed by atoms with E-state index >= 15 is 0 Å². The monoisotopic (exact) mass is 418 g/mol. The second-order valence-corrected chi connectivity index (χ2v) is 9.31. The number of rotatable bonds is 4. The smallest absolute Gasteiger partial charge is 0.227 e. The standard InChI is InChI=1S/C25H30N4O2/c1-27-24(31)21-17-28(16-20-8-5-11-26-15-20)18-22(21)25(27)9-12-29(13-10-25)23(30)14-19-6-3-2-4-7-19/h2-8,11,15,21-22H,9-10,12-14,16-18H2,1H3/t21-,22+/m1/s1. The van der Waals surface area contributed by atoms with E-state index in [1.165, 1.54) is 5.56 Å². The van der Waals surface area contributed by atoms with Crippen molar-refractivity contribution in [2.24, 2.45) is 11.8 Å². The van der Waals surface area contributed by atoms with Gasteiger partial charge >= 0.3 is 0 Å². The molecular formula is C25H30N4O2. The third-order valence-electron chi connectivity index (χ3n) is 7.71. The SMILES string of the molecule is CN1C(=O)[C@@H]2CN(Cc3cccnc3)C[C@@H]2C12CCN(C(=O)Cc1ccccc1)CC2. The van der Waals surface area contributed by atoms with Gasteiger partial charge in [0, 0.05) is 58.1 Å². The lowest BCUT2D eigenvalue weighted by atomic mass is 9.75. The number of pyridine rings is 1. The number of nitrogens with zero attached hydrogens (tertiary/aromatic N) is 4. The minimum absolute atomic E-state index is 0.0771. The molecule has 4 heterocycles. The highest BCUT2D eigenvalue weighted by Gasteiger charge is 2.60. The first-order valence-electron chi connectivity index (χ1n) is 11.3. The number of amides is 2. The molecule has 0 radical (unpaired) electrons. The van der Waals surface area contributed by atoms with Crippen molar-refractivity contribution in [1.82, 2.24) is 19.7 Å². The number of hydrogen-bond donors (Lipinski definition) is 0. The second-order valence-electron chi connectivity index (χ2n) is 9.31. The van der Waals surface area contributed by atoms with Crippen LogP contribution in [0, 0.1) is 11.8 Å². The van der Waals surface area contributed by atoms with Crippen LogP contribution in [0.5, 0.6) is 0 Å². The van der Waals surface area contributed by atoms with E-state index in [0.717, 1.165) is 51.1 Å². The molecule has 3 fully saturated rings. The largest absolute Gasteiger partial charge is 0.342 e. The highest BCUT2D eigenvalue weighted by molar-refractivity contribution is 5.84. The molecule has 31 heavy (non-hydrogen) atoms. The summed E-state index contributed by atoms with van der Waals surface area (Å²) in [5.41, 5.74) is 2.14. The number of carbonyl (C=O) groups is 2. The summed E-state index contributed by atoms with van der Waals surface area (Å²) in [5.74, 6) is 0.887. The quantitative estimate of drug-likeness (QED) is 0.764. The number of likely N-dealkylation sites (tertiary alicyclic amines) is 3. The molecule has 6 nitrogen and oxygen atoms in total. The number of fused-ring (bicyclic) bond motifs is 2. The predicted molar refractivity (Wildman–Crippen MR) is 118 cm³/mol. The van der Waals surface area contributed by atoms with Crippen LogP contribution in [0.2, 0.25) is 0 Å². The average Bonchev–Trinajstić information content (AvgIpc) is 3.30. The maximum atomic E-state index is 13.1. The van der Waals surface area contributed by atoms with Crippen molar-refractivity contribution in [3.63, 3.8) is 0 Å². The third kappa shape index (κ3) is 3.63. The molecule has 1 aromatic heterocycles. The van der Waals surface area contributed by atoms with E-state index in [1.54, 1.807) is 6.20 Å². The molecule has 1 aromatic carbocycles. The van der Waals surface area contributed by atoms with Crippen LogP contribution in [0.4, 0.5) is 0 Å². The number of benzene rings is 1. The molecular weight excluding hydrogens is 388 g/mol. The summed E-state index contributed by atoms with van der Waals surface area (Å²) in [6.07, 6.45) is 5.90. The molecule has 0 N–H and O–H groups in total. The molecule has 2 atom stereocenters.